The van der Waals surface area contributed by atoms with E-state index in [0.29, 0.717) is 24.7 Å². The Bertz CT molecular complexity index is 2060. The Morgan fingerprint density at radius 1 is 0.745 bits per heavy atom. The fourth-order valence-corrected chi connectivity index (χ4v) is 7.91. The molecule has 4 N–H and O–H groups in total. The third-order valence-corrected chi connectivity index (χ3v) is 11.1. The summed E-state index contributed by atoms with van der Waals surface area (Å²) in [5.41, 5.74) is 3.50. The number of aromatic amines is 2. The summed E-state index contributed by atoms with van der Waals surface area (Å²) < 4.78 is 9.49. The SMILES string of the molecule is COC(=O)N[C@H](C(=O)N1CCCC1c1ncc(-c2ccc(C#Cc3ccc(-c4cnc([C@@H]5CCCN5C(=O)[C@@H](NC(=O)OC)C(C)C)[nH]4)cc3)s2)[nH]1)C(C)C. The number of nitrogens with one attached hydrogen (secondary N) is 4. The quantitative estimate of drug-likeness (QED) is 0.142. The van der Waals surface area contributed by atoms with Gasteiger partial charge in [0.2, 0.25) is 11.8 Å². The predicted molar refractivity (Wildman–Crippen MR) is 208 cm³/mol. The van der Waals surface area contributed by atoms with Crippen LogP contribution in [0.25, 0.3) is 21.8 Å². The fourth-order valence-electron chi connectivity index (χ4n) is 7.09. The van der Waals surface area contributed by atoms with E-state index in [0.717, 1.165) is 58.0 Å². The van der Waals surface area contributed by atoms with Crippen LogP contribution in [0.1, 0.15) is 87.6 Å². The minimum absolute atomic E-state index is 0.107. The van der Waals surface area contributed by atoms with E-state index < -0.39 is 24.3 Å². The maximum absolute atomic E-state index is 13.5. The van der Waals surface area contributed by atoms with Crippen LogP contribution in [-0.2, 0) is 19.1 Å². The Morgan fingerprint density at radius 2 is 1.25 bits per heavy atom. The first-order chi connectivity index (χ1) is 26.5. The van der Waals surface area contributed by atoms with E-state index in [1.807, 2.05) is 64.1 Å². The molecule has 0 radical (unpaired) electrons. The molecule has 4 aromatic rings. The van der Waals surface area contributed by atoms with Gasteiger partial charge in [0.05, 0.1) is 59.8 Å². The number of rotatable bonds is 10. The largest absolute Gasteiger partial charge is 0.453 e. The topological polar surface area (TPSA) is 175 Å². The van der Waals surface area contributed by atoms with Gasteiger partial charge in [0.15, 0.2) is 0 Å². The van der Waals surface area contributed by atoms with Crippen LogP contribution in [-0.4, -0.2) is 93.1 Å². The number of hydrogen-bond acceptors (Lipinski definition) is 9. The summed E-state index contributed by atoms with van der Waals surface area (Å²) in [5.74, 6) is 7.45. The summed E-state index contributed by atoms with van der Waals surface area (Å²) >= 11 is 1.56. The van der Waals surface area contributed by atoms with E-state index in [1.54, 1.807) is 33.5 Å². The molecule has 1 aromatic carbocycles. The Balaban J connectivity index is 1.09. The number of amides is 4. The van der Waals surface area contributed by atoms with Crippen LogP contribution in [0.5, 0.6) is 0 Å². The number of nitrogens with zero attached hydrogens (tertiary/aromatic N) is 4. The third-order valence-electron chi connectivity index (χ3n) is 10.1. The smallest absolute Gasteiger partial charge is 0.407 e. The zero-order valence-electron chi connectivity index (χ0n) is 32.0. The minimum Gasteiger partial charge on any atom is -0.453 e. The molecule has 0 spiro atoms. The van der Waals surface area contributed by atoms with Crippen molar-refractivity contribution in [3.05, 3.63) is 70.9 Å². The number of likely N-dealkylation sites (tertiary alicyclic amines) is 2. The second-order valence-corrected chi connectivity index (χ2v) is 15.5. The zero-order valence-corrected chi connectivity index (χ0v) is 32.8. The van der Waals surface area contributed by atoms with E-state index in [9.17, 15) is 19.2 Å². The lowest BCUT2D eigenvalue weighted by atomic mass is 10.0. The summed E-state index contributed by atoms with van der Waals surface area (Å²) in [5, 5.41) is 5.37. The summed E-state index contributed by atoms with van der Waals surface area (Å²) in [6.07, 6.45) is 5.56. The second-order valence-electron chi connectivity index (χ2n) is 14.5. The number of carbonyl (C=O) groups is 4. The first-order valence-corrected chi connectivity index (χ1v) is 19.4. The minimum atomic E-state index is -0.690. The molecule has 14 nitrogen and oxygen atoms in total. The molecule has 6 rings (SSSR count). The molecule has 15 heteroatoms. The lowest BCUT2D eigenvalue weighted by Gasteiger charge is -2.30. The Labute approximate surface area is 324 Å². The van der Waals surface area contributed by atoms with Crippen molar-refractivity contribution in [2.45, 2.75) is 77.5 Å². The van der Waals surface area contributed by atoms with Gasteiger partial charge in [0.25, 0.3) is 0 Å². The standard InChI is InChI=1S/C40H48N8O6S/c1-23(2)33(45-39(51)53-5)37(49)47-19-7-9-30(47)35-41-21-28(43-35)26-14-11-25(12-15-26)13-16-27-17-18-32(55-27)29-22-42-36(44-29)31-10-8-20-48(31)38(50)34(24(3)4)46-40(52)54-6/h11-12,14-15,17-18,21-24,30-31,33-34H,7-10,19-20H2,1-6H3,(H,41,43)(H,42,44)(H,45,51)(H,46,52)/t30-,31?,33-,34-/m0/s1. The molecule has 4 atom stereocenters. The average Bonchev–Trinajstić information content (AvgIpc) is 4.03. The molecule has 0 bridgehead atoms. The molecule has 3 aromatic heterocycles. The van der Waals surface area contributed by atoms with Crippen LogP contribution >= 0.6 is 11.3 Å². The molecule has 2 fully saturated rings. The Kier molecular flexibility index (Phi) is 12.2. The number of H-pyrrole nitrogens is 2. The summed E-state index contributed by atoms with van der Waals surface area (Å²) in [4.78, 5) is 72.5. The lowest BCUT2D eigenvalue weighted by molar-refractivity contribution is -0.136. The first-order valence-electron chi connectivity index (χ1n) is 18.6. The Hall–Kier alpha value is -5.62. The van der Waals surface area contributed by atoms with Gasteiger partial charge in [0, 0.05) is 18.7 Å². The van der Waals surface area contributed by atoms with Crippen LogP contribution in [0.3, 0.4) is 0 Å². The van der Waals surface area contributed by atoms with Crippen LogP contribution < -0.4 is 10.6 Å². The van der Waals surface area contributed by atoms with Crippen molar-refractivity contribution in [2.75, 3.05) is 27.3 Å². The van der Waals surface area contributed by atoms with Gasteiger partial charge in [-0.1, -0.05) is 51.7 Å². The first kappa shape index (κ1) is 39.1. The molecular formula is C40H48N8O6S. The van der Waals surface area contributed by atoms with Crippen molar-refractivity contribution >= 4 is 35.3 Å². The molecule has 0 saturated carbocycles. The number of imidazole rings is 2. The molecule has 1 unspecified atom stereocenters. The number of carbonyl (C=O) groups excluding carboxylic acids is 4. The lowest BCUT2D eigenvalue weighted by Crippen LogP contribution is -2.51. The van der Waals surface area contributed by atoms with E-state index >= 15 is 0 Å². The number of benzene rings is 1. The third kappa shape index (κ3) is 8.86. The molecule has 2 saturated heterocycles. The second kappa shape index (κ2) is 17.2. The molecule has 2 aliphatic heterocycles. The highest BCUT2D eigenvalue weighted by atomic mass is 32.1. The van der Waals surface area contributed by atoms with E-state index in [1.165, 1.54) is 14.2 Å². The summed E-state index contributed by atoms with van der Waals surface area (Å²) in [6.45, 7) is 8.76. The number of alkyl carbamates (subject to hydrolysis) is 2. The maximum Gasteiger partial charge on any atom is 0.407 e. The van der Waals surface area contributed by atoms with Crippen LogP contribution in [0.15, 0.2) is 48.8 Å². The monoisotopic (exact) mass is 768 g/mol. The number of methoxy groups -OCH3 is 2. The van der Waals surface area contributed by atoms with E-state index in [-0.39, 0.29) is 35.7 Å². The van der Waals surface area contributed by atoms with Gasteiger partial charge in [-0.2, -0.15) is 0 Å². The number of aromatic nitrogens is 4. The van der Waals surface area contributed by atoms with Crippen molar-refractivity contribution in [2.24, 2.45) is 11.8 Å². The summed E-state index contributed by atoms with van der Waals surface area (Å²) in [6, 6.07) is 10.1. The van der Waals surface area contributed by atoms with Crippen molar-refractivity contribution in [3.63, 3.8) is 0 Å². The highest BCUT2D eigenvalue weighted by molar-refractivity contribution is 7.16. The Morgan fingerprint density at radius 3 is 1.76 bits per heavy atom. The van der Waals surface area contributed by atoms with Crippen molar-refractivity contribution < 1.29 is 28.7 Å². The maximum atomic E-state index is 13.5. The van der Waals surface area contributed by atoms with E-state index in [2.05, 4.69) is 42.4 Å². The number of hydrogen-bond donors (Lipinski definition) is 4. The van der Waals surface area contributed by atoms with Gasteiger partial charge in [0.1, 0.15) is 23.7 Å². The molecule has 5 heterocycles. The van der Waals surface area contributed by atoms with Crippen LogP contribution in [0.4, 0.5) is 9.59 Å². The van der Waals surface area contributed by atoms with Gasteiger partial charge in [-0.3, -0.25) is 9.59 Å². The molecule has 290 valence electrons. The number of ether oxygens (including phenoxy) is 2. The van der Waals surface area contributed by atoms with Crippen molar-refractivity contribution in [1.29, 1.82) is 0 Å². The summed E-state index contributed by atoms with van der Waals surface area (Å²) in [7, 11) is 2.57. The molecular weight excluding hydrogens is 721 g/mol. The molecule has 0 aliphatic carbocycles. The van der Waals surface area contributed by atoms with Gasteiger partial charge in [-0.05, 0) is 67.3 Å². The van der Waals surface area contributed by atoms with E-state index in [4.69, 9.17) is 9.47 Å². The molecule has 55 heavy (non-hydrogen) atoms. The van der Waals surface area contributed by atoms with Gasteiger partial charge < -0.3 is 39.9 Å². The zero-order chi connectivity index (χ0) is 39.2. The van der Waals surface area contributed by atoms with Crippen molar-refractivity contribution in [1.82, 2.24) is 40.4 Å². The highest BCUT2D eigenvalue weighted by Gasteiger charge is 2.39. The highest BCUT2D eigenvalue weighted by Crippen LogP contribution is 2.35. The predicted octanol–water partition coefficient (Wildman–Crippen LogP) is 6.02. The van der Waals surface area contributed by atoms with Crippen LogP contribution in [0.2, 0.25) is 0 Å². The normalized spacial score (nSPS) is 17.8. The van der Waals surface area contributed by atoms with Crippen molar-refractivity contribution in [3.8, 4) is 33.7 Å². The van der Waals surface area contributed by atoms with Gasteiger partial charge >= 0.3 is 12.2 Å². The van der Waals surface area contributed by atoms with Crippen LogP contribution in [0, 0.1) is 23.7 Å². The number of thiophene rings is 1. The fraction of sp³-hybridized carbons (Fsp3) is 0.450. The van der Waals surface area contributed by atoms with Gasteiger partial charge in [-0.15, -0.1) is 11.3 Å². The molecule has 4 amide bonds. The molecule has 2 aliphatic rings. The average molecular weight is 769 g/mol. The van der Waals surface area contributed by atoms with Gasteiger partial charge in [-0.25, -0.2) is 19.6 Å².